The van der Waals surface area contributed by atoms with Crippen LogP contribution in [0.1, 0.15) is 37.7 Å². The van der Waals surface area contributed by atoms with Gasteiger partial charge in [0.1, 0.15) is 5.82 Å². The van der Waals surface area contributed by atoms with Gasteiger partial charge in [0, 0.05) is 49.7 Å². The van der Waals surface area contributed by atoms with Crippen molar-refractivity contribution < 1.29 is 18.0 Å². The molecule has 2 aliphatic rings. The average Bonchev–Trinajstić information content (AvgIpc) is 2.79. The summed E-state index contributed by atoms with van der Waals surface area (Å²) in [5.74, 6) is 0.123. The van der Waals surface area contributed by atoms with E-state index < -0.39 is 11.7 Å². The Bertz CT molecular complexity index is 954. The predicted molar refractivity (Wildman–Crippen MR) is 120 cm³/mol. The summed E-state index contributed by atoms with van der Waals surface area (Å²) >= 11 is 6.07. The molecule has 0 unspecified atom stereocenters. The summed E-state index contributed by atoms with van der Waals surface area (Å²) in [7, 11) is 0. The number of nitrogens with zero attached hydrogens (tertiary/aromatic N) is 3. The number of alkyl halides is 3. The molecule has 0 saturated carbocycles. The second-order valence-electron chi connectivity index (χ2n) is 8.38. The molecule has 1 N–H and O–H groups in total. The number of carbonyl (C=O) groups is 1. The lowest BCUT2D eigenvalue weighted by Gasteiger charge is -2.33. The summed E-state index contributed by atoms with van der Waals surface area (Å²) in [6.07, 6.45) is 1.12. The lowest BCUT2D eigenvalue weighted by Crippen LogP contribution is -2.38. The first kappa shape index (κ1) is 22.7. The van der Waals surface area contributed by atoms with Crippen molar-refractivity contribution in [2.24, 2.45) is 5.92 Å². The molecule has 0 spiro atoms. The number of pyridine rings is 1. The van der Waals surface area contributed by atoms with Gasteiger partial charge in [-0.2, -0.15) is 13.2 Å². The van der Waals surface area contributed by atoms with Crippen molar-refractivity contribution in [1.82, 2.24) is 4.98 Å². The van der Waals surface area contributed by atoms with Crippen LogP contribution in [0.4, 0.5) is 30.4 Å². The lowest BCUT2D eigenvalue weighted by molar-refractivity contribution is -0.137. The second-order valence-corrected chi connectivity index (χ2v) is 8.78. The van der Waals surface area contributed by atoms with Crippen molar-refractivity contribution in [2.75, 3.05) is 41.3 Å². The smallest absolute Gasteiger partial charge is 0.371 e. The SMILES string of the molecule is O=C(Nc1cccc(N2CCCCC2)c1)C1CCN(c2ncc(C(F)(F)F)cc2Cl)CC1. The Morgan fingerprint density at radius 2 is 1.75 bits per heavy atom. The van der Waals surface area contributed by atoms with Gasteiger partial charge in [-0.05, 0) is 56.4 Å². The zero-order valence-electron chi connectivity index (χ0n) is 17.7. The Kier molecular flexibility index (Phi) is 6.79. The van der Waals surface area contributed by atoms with Crippen LogP contribution in [0.3, 0.4) is 0 Å². The highest BCUT2D eigenvalue weighted by atomic mass is 35.5. The number of hydrogen-bond donors (Lipinski definition) is 1. The molecule has 1 aromatic carbocycles. The minimum atomic E-state index is -4.48. The Hall–Kier alpha value is -2.48. The minimum absolute atomic E-state index is 0.0303. The average molecular weight is 467 g/mol. The number of nitrogens with one attached hydrogen (secondary N) is 1. The number of aromatic nitrogens is 1. The fourth-order valence-corrected chi connectivity index (χ4v) is 4.63. The summed E-state index contributed by atoms with van der Waals surface area (Å²) in [5.41, 5.74) is 1.04. The molecule has 2 fully saturated rings. The van der Waals surface area contributed by atoms with Gasteiger partial charge in [0.15, 0.2) is 0 Å². The number of benzene rings is 1. The first-order valence-corrected chi connectivity index (χ1v) is 11.3. The Balaban J connectivity index is 1.34. The monoisotopic (exact) mass is 466 g/mol. The number of amides is 1. The van der Waals surface area contributed by atoms with Crippen molar-refractivity contribution in [3.63, 3.8) is 0 Å². The van der Waals surface area contributed by atoms with Crippen molar-refractivity contribution in [1.29, 1.82) is 0 Å². The van der Waals surface area contributed by atoms with Gasteiger partial charge in [-0.1, -0.05) is 17.7 Å². The van der Waals surface area contributed by atoms with Crippen LogP contribution in [-0.2, 0) is 11.0 Å². The van der Waals surface area contributed by atoms with Gasteiger partial charge in [0.2, 0.25) is 5.91 Å². The van der Waals surface area contributed by atoms with Crippen LogP contribution in [0, 0.1) is 5.92 Å². The van der Waals surface area contributed by atoms with Crippen LogP contribution in [0.2, 0.25) is 5.02 Å². The number of anilines is 3. The van der Waals surface area contributed by atoms with Crippen molar-refractivity contribution in [3.8, 4) is 0 Å². The summed E-state index contributed by atoms with van der Waals surface area (Å²) in [4.78, 5) is 20.9. The van der Waals surface area contributed by atoms with Crippen LogP contribution in [-0.4, -0.2) is 37.1 Å². The summed E-state index contributed by atoms with van der Waals surface area (Å²) in [5, 5.41) is 3.00. The largest absolute Gasteiger partial charge is 0.417 e. The van der Waals surface area contributed by atoms with Gasteiger partial charge < -0.3 is 15.1 Å². The molecule has 3 heterocycles. The van der Waals surface area contributed by atoms with Crippen LogP contribution >= 0.6 is 11.6 Å². The molecule has 2 aromatic rings. The highest BCUT2D eigenvalue weighted by Gasteiger charge is 2.33. The van der Waals surface area contributed by atoms with Crippen LogP contribution in [0.25, 0.3) is 0 Å². The Morgan fingerprint density at radius 3 is 2.41 bits per heavy atom. The maximum Gasteiger partial charge on any atom is 0.417 e. The van der Waals surface area contributed by atoms with Crippen LogP contribution in [0.5, 0.6) is 0 Å². The normalized spacial score (nSPS) is 18.0. The summed E-state index contributed by atoms with van der Waals surface area (Å²) < 4.78 is 38.5. The zero-order valence-corrected chi connectivity index (χ0v) is 18.4. The van der Waals surface area contributed by atoms with E-state index in [9.17, 15) is 18.0 Å². The van der Waals surface area contributed by atoms with Gasteiger partial charge in [-0.3, -0.25) is 4.79 Å². The third-order valence-corrected chi connectivity index (χ3v) is 6.43. The topological polar surface area (TPSA) is 48.5 Å². The maximum atomic E-state index is 12.8. The molecule has 0 radical (unpaired) electrons. The number of piperidine rings is 2. The lowest BCUT2D eigenvalue weighted by atomic mass is 9.95. The van der Waals surface area contributed by atoms with Gasteiger partial charge in [0.05, 0.1) is 10.6 Å². The molecule has 1 aromatic heterocycles. The van der Waals surface area contributed by atoms with E-state index in [1.807, 2.05) is 23.1 Å². The molecule has 32 heavy (non-hydrogen) atoms. The molecule has 4 rings (SSSR count). The molecular weight excluding hydrogens is 441 g/mol. The first-order chi connectivity index (χ1) is 15.3. The molecule has 172 valence electrons. The fourth-order valence-electron chi connectivity index (χ4n) is 4.35. The van der Waals surface area contributed by atoms with Crippen molar-refractivity contribution in [3.05, 3.63) is 47.1 Å². The van der Waals surface area contributed by atoms with E-state index in [1.165, 1.54) is 19.3 Å². The number of hydrogen-bond acceptors (Lipinski definition) is 4. The van der Waals surface area contributed by atoms with E-state index in [-0.39, 0.29) is 16.8 Å². The third-order valence-electron chi connectivity index (χ3n) is 6.15. The van der Waals surface area contributed by atoms with Crippen molar-refractivity contribution >= 4 is 34.7 Å². The number of carbonyl (C=O) groups excluding carboxylic acids is 1. The first-order valence-electron chi connectivity index (χ1n) is 10.9. The fraction of sp³-hybridized carbons (Fsp3) is 0.478. The molecule has 2 aliphatic heterocycles. The minimum Gasteiger partial charge on any atom is -0.371 e. The molecule has 5 nitrogen and oxygen atoms in total. The second kappa shape index (κ2) is 9.57. The van der Waals surface area contributed by atoms with E-state index >= 15 is 0 Å². The molecule has 1 amide bonds. The molecule has 0 bridgehead atoms. The van der Waals surface area contributed by atoms with Crippen molar-refractivity contribution in [2.45, 2.75) is 38.3 Å². The van der Waals surface area contributed by atoms with Crippen LogP contribution < -0.4 is 15.1 Å². The predicted octanol–water partition coefficient (Wildman–Crippen LogP) is 5.60. The third kappa shape index (κ3) is 5.28. The highest BCUT2D eigenvalue weighted by molar-refractivity contribution is 6.33. The highest BCUT2D eigenvalue weighted by Crippen LogP contribution is 2.35. The van der Waals surface area contributed by atoms with Gasteiger partial charge >= 0.3 is 6.18 Å². The quantitative estimate of drug-likeness (QED) is 0.637. The molecule has 0 aliphatic carbocycles. The van der Waals surface area contributed by atoms with E-state index in [4.69, 9.17) is 11.6 Å². The summed E-state index contributed by atoms with van der Waals surface area (Å²) in [6, 6.07) is 8.84. The van der Waals surface area contributed by atoms with Gasteiger partial charge in [-0.25, -0.2) is 4.98 Å². The Morgan fingerprint density at radius 1 is 1.03 bits per heavy atom. The van der Waals surface area contributed by atoms with Crippen LogP contribution in [0.15, 0.2) is 36.5 Å². The van der Waals surface area contributed by atoms with Gasteiger partial charge in [0.25, 0.3) is 0 Å². The van der Waals surface area contributed by atoms with E-state index in [1.54, 1.807) is 0 Å². The number of rotatable bonds is 4. The standard InChI is InChI=1S/C23H26ClF3N4O/c24-20-13-17(23(25,26)27)15-28-21(20)31-11-7-16(8-12-31)22(32)29-18-5-4-6-19(14-18)30-9-2-1-3-10-30/h4-6,13-16H,1-3,7-12H2,(H,29,32). The molecule has 0 atom stereocenters. The van der Waals surface area contributed by atoms with Gasteiger partial charge in [-0.15, -0.1) is 0 Å². The van der Waals surface area contributed by atoms with E-state index in [0.717, 1.165) is 36.7 Å². The molecule has 2 saturated heterocycles. The number of halogens is 4. The maximum absolute atomic E-state index is 12.8. The van der Waals surface area contributed by atoms with E-state index in [0.29, 0.717) is 31.7 Å². The molecule has 9 heteroatoms. The zero-order chi connectivity index (χ0) is 22.7. The molecular formula is C23H26ClF3N4O. The Labute approximate surface area is 190 Å². The van der Waals surface area contributed by atoms with E-state index in [2.05, 4.69) is 21.3 Å². The summed E-state index contributed by atoms with van der Waals surface area (Å²) in [6.45, 7) is 3.08.